The van der Waals surface area contributed by atoms with Crippen LogP contribution in [-0.2, 0) is 11.3 Å². The molecule has 2 aromatic rings. The Labute approximate surface area is 118 Å². The summed E-state index contributed by atoms with van der Waals surface area (Å²) in [5.74, 6) is -1.08. The van der Waals surface area contributed by atoms with Crippen molar-refractivity contribution in [3.8, 4) is 0 Å². The first kappa shape index (κ1) is 14.6. The molecule has 0 atom stereocenters. The average molecular weight is 276 g/mol. The van der Waals surface area contributed by atoms with E-state index in [9.17, 15) is 4.79 Å². The predicted molar refractivity (Wildman–Crippen MR) is 77.0 cm³/mol. The van der Waals surface area contributed by atoms with E-state index >= 15 is 0 Å². The quantitative estimate of drug-likeness (QED) is 0.733. The van der Waals surface area contributed by atoms with E-state index in [0.29, 0.717) is 12.2 Å². The Morgan fingerprint density at radius 3 is 2.85 bits per heavy atom. The fourth-order valence-corrected chi connectivity index (χ4v) is 2.11. The van der Waals surface area contributed by atoms with Crippen LogP contribution in [0, 0.1) is 0 Å². The van der Waals surface area contributed by atoms with Crippen LogP contribution >= 0.6 is 0 Å². The monoisotopic (exact) mass is 276 g/mol. The molecule has 1 N–H and O–H groups in total. The van der Waals surface area contributed by atoms with Crippen LogP contribution in [0.4, 0.5) is 0 Å². The van der Waals surface area contributed by atoms with E-state index in [0.717, 1.165) is 24.0 Å². The largest absolute Gasteiger partial charge is 0.475 e. The van der Waals surface area contributed by atoms with Crippen molar-refractivity contribution >= 4 is 16.9 Å². The van der Waals surface area contributed by atoms with Gasteiger partial charge < -0.3 is 14.3 Å². The van der Waals surface area contributed by atoms with Gasteiger partial charge in [0.15, 0.2) is 0 Å². The number of carboxylic acid groups (broad SMARTS) is 1. The van der Waals surface area contributed by atoms with E-state index in [-0.39, 0.29) is 5.76 Å². The van der Waals surface area contributed by atoms with Crippen molar-refractivity contribution in [1.29, 1.82) is 0 Å². The summed E-state index contributed by atoms with van der Waals surface area (Å²) in [5.41, 5.74) is 1.62. The molecule has 0 unspecified atom stereocenters. The minimum atomic E-state index is -1.05. The molecule has 0 aliphatic rings. The molecule has 0 bridgehead atoms. The molecule has 0 aliphatic heterocycles. The van der Waals surface area contributed by atoms with Crippen molar-refractivity contribution < 1.29 is 19.1 Å². The summed E-state index contributed by atoms with van der Waals surface area (Å²) < 4.78 is 10.8. The molecule has 4 nitrogen and oxygen atoms in total. The molecule has 1 heterocycles. The molecule has 20 heavy (non-hydrogen) atoms. The van der Waals surface area contributed by atoms with Crippen LogP contribution in [0.1, 0.15) is 48.7 Å². The van der Waals surface area contributed by atoms with Crippen molar-refractivity contribution in [2.75, 3.05) is 6.61 Å². The van der Waals surface area contributed by atoms with E-state index in [1.165, 1.54) is 19.3 Å². The first-order valence-corrected chi connectivity index (χ1v) is 7.04. The lowest BCUT2D eigenvalue weighted by Crippen LogP contribution is -1.95. The van der Waals surface area contributed by atoms with E-state index in [2.05, 4.69) is 6.92 Å². The van der Waals surface area contributed by atoms with Gasteiger partial charge in [0, 0.05) is 12.0 Å². The highest BCUT2D eigenvalue weighted by atomic mass is 16.5. The van der Waals surface area contributed by atoms with Gasteiger partial charge in [-0.1, -0.05) is 32.3 Å². The summed E-state index contributed by atoms with van der Waals surface area (Å²) in [4.78, 5) is 10.8. The van der Waals surface area contributed by atoms with Crippen LogP contribution in [0.25, 0.3) is 11.0 Å². The Morgan fingerprint density at radius 1 is 1.25 bits per heavy atom. The normalized spacial score (nSPS) is 11.1. The zero-order chi connectivity index (χ0) is 14.4. The fourth-order valence-electron chi connectivity index (χ4n) is 2.11. The minimum Gasteiger partial charge on any atom is -0.475 e. The van der Waals surface area contributed by atoms with Crippen molar-refractivity contribution in [3.05, 3.63) is 35.6 Å². The zero-order valence-corrected chi connectivity index (χ0v) is 11.7. The van der Waals surface area contributed by atoms with E-state index in [4.69, 9.17) is 14.3 Å². The topological polar surface area (TPSA) is 59.7 Å². The number of ether oxygens (including phenoxy) is 1. The molecule has 108 valence electrons. The zero-order valence-electron chi connectivity index (χ0n) is 11.7. The maximum absolute atomic E-state index is 10.8. The Bertz CT molecular complexity index is 571. The van der Waals surface area contributed by atoms with Gasteiger partial charge in [-0.3, -0.25) is 0 Å². The standard InChI is InChI=1S/C16H20O4/c1-2-3-4-5-8-19-11-12-6-7-14-13(9-12)10-15(20-14)16(17)18/h6-7,9-10H,2-5,8,11H2,1H3,(H,17,18). The second-order valence-electron chi connectivity index (χ2n) is 4.90. The number of hydrogen-bond acceptors (Lipinski definition) is 3. The van der Waals surface area contributed by atoms with Gasteiger partial charge in [-0.15, -0.1) is 0 Å². The fraction of sp³-hybridized carbons (Fsp3) is 0.438. The summed E-state index contributed by atoms with van der Waals surface area (Å²) in [6.07, 6.45) is 4.77. The predicted octanol–water partition coefficient (Wildman–Crippen LogP) is 4.23. The summed E-state index contributed by atoms with van der Waals surface area (Å²) in [7, 11) is 0. The molecule has 0 fully saturated rings. The molecule has 0 saturated carbocycles. The lowest BCUT2D eigenvalue weighted by Gasteiger charge is -2.04. The molecule has 0 radical (unpaired) electrons. The number of benzene rings is 1. The van der Waals surface area contributed by atoms with Crippen LogP contribution in [0.3, 0.4) is 0 Å². The van der Waals surface area contributed by atoms with E-state index < -0.39 is 5.97 Å². The number of unbranched alkanes of at least 4 members (excludes halogenated alkanes) is 3. The molecule has 2 rings (SSSR count). The molecule has 0 spiro atoms. The van der Waals surface area contributed by atoms with E-state index in [1.54, 1.807) is 12.1 Å². The second kappa shape index (κ2) is 7.10. The Hall–Kier alpha value is -1.81. The van der Waals surface area contributed by atoms with Crippen LogP contribution in [-0.4, -0.2) is 17.7 Å². The lowest BCUT2D eigenvalue weighted by atomic mass is 10.1. The summed E-state index contributed by atoms with van der Waals surface area (Å²) in [6.45, 7) is 3.51. The van der Waals surface area contributed by atoms with Crippen LogP contribution in [0.2, 0.25) is 0 Å². The van der Waals surface area contributed by atoms with Gasteiger partial charge >= 0.3 is 5.97 Å². The Kier molecular flexibility index (Phi) is 5.18. The van der Waals surface area contributed by atoms with Crippen LogP contribution < -0.4 is 0 Å². The van der Waals surface area contributed by atoms with Gasteiger partial charge in [0.1, 0.15) is 5.58 Å². The molecular weight excluding hydrogens is 256 g/mol. The third kappa shape index (κ3) is 3.84. The van der Waals surface area contributed by atoms with Gasteiger partial charge in [-0.2, -0.15) is 0 Å². The summed E-state index contributed by atoms with van der Waals surface area (Å²) >= 11 is 0. The Balaban J connectivity index is 1.89. The van der Waals surface area contributed by atoms with Gasteiger partial charge in [-0.05, 0) is 30.2 Å². The highest BCUT2D eigenvalue weighted by Crippen LogP contribution is 2.21. The van der Waals surface area contributed by atoms with Gasteiger partial charge in [0.2, 0.25) is 5.76 Å². The highest BCUT2D eigenvalue weighted by molar-refractivity contribution is 5.91. The average Bonchev–Trinajstić information content (AvgIpc) is 2.86. The third-order valence-corrected chi connectivity index (χ3v) is 3.20. The van der Waals surface area contributed by atoms with Crippen molar-refractivity contribution in [2.24, 2.45) is 0 Å². The maximum atomic E-state index is 10.8. The lowest BCUT2D eigenvalue weighted by molar-refractivity contribution is 0.0665. The Morgan fingerprint density at radius 2 is 2.10 bits per heavy atom. The van der Waals surface area contributed by atoms with Gasteiger partial charge in [0.25, 0.3) is 0 Å². The summed E-state index contributed by atoms with van der Waals surface area (Å²) in [5, 5.41) is 9.68. The number of aromatic carboxylic acids is 1. The number of rotatable bonds is 8. The minimum absolute atomic E-state index is 0.0300. The number of carboxylic acids is 1. The van der Waals surface area contributed by atoms with Crippen molar-refractivity contribution in [2.45, 2.75) is 39.2 Å². The molecule has 1 aromatic heterocycles. The molecule has 0 saturated heterocycles. The first-order valence-electron chi connectivity index (χ1n) is 7.04. The van der Waals surface area contributed by atoms with E-state index in [1.807, 2.05) is 12.1 Å². The smallest absolute Gasteiger partial charge is 0.371 e. The molecule has 0 amide bonds. The number of fused-ring (bicyclic) bond motifs is 1. The van der Waals surface area contributed by atoms with Crippen LogP contribution in [0.5, 0.6) is 0 Å². The molecule has 0 aliphatic carbocycles. The van der Waals surface area contributed by atoms with Crippen molar-refractivity contribution in [1.82, 2.24) is 0 Å². The second-order valence-corrected chi connectivity index (χ2v) is 4.90. The molecule has 1 aromatic carbocycles. The maximum Gasteiger partial charge on any atom is 0.371 e. The first-order chi connectivity index (χ1) is 9.70. The van der Waals surface area contributed by atoms with Gasteiger partial charge in [-0.25, -0.2) is 4.79 Å². The van der Waals surface area contributed by atoms with Gasteiger partial charge in [0.05, 0.1) is 6.61 Å². The third-order valence-electron chi connectivity index (χ3n) is 3.20. The molecular formula is C16H20O4. The number of furan rings is 1. The SMILES string of the molecule is CCCCCCOCc1ccc2oc(C(=O)O)cc2c1. The number of hydrogen-bond donors (Lipinski definition) is 1. The van der Waals surface area contributed by atoms with Crippen molar-refractivity contribution in [3.63, 3.8) is 0 Å². The summed E-state index contributed by atoms with van der Waals surface area (Å²) in [6, 6.07) is 7.15. The molecule has 4 heteroatoms. The highest BCUT2D eigenvalue weighted by Gasteiger charge is 2.10. The van der Waals surface area contributed by atoms with Crippen LogP contribution in [0.15, 0.2) is 28.7 Å². The number of carbonyl (C=O) groups is 1.